The van der Waals surface area contributed by atoms with Crippen molar-refractivity contribution in [3.63, 3.8) is 0 Å². The molecule has 3 heteroatoms. The average molecular weight is 214 g/mol. The lowest BCUT2D eigenvalue weighted by atomic mass is 10.1. The number of carbonyl (C=O) groups is 1. The number of hydrogen-bond donors (Lipinski definition) is 0. The van der Waals surface area contributed by atoms with Crippen molar-refractivity contribution in [2.24, 2.45) is 4.99 Å². The minimum absolute atomic E-state index is 0.155. The third-order valence-electron chi connectivity index (χ3n) is 3.27. The van der Waals surface area contributed by atoms with Gasteiger partial charge in [-0.1, -0.05) is 6.07 Å². The summed E-state index contributed by atoms with van der Waals surface area (Å²) in [7, 11) is 0. The van der Waals surface area contributed by atoms with Gasteiger partial charge in [0.05, 0.1) is 5.69 Å². The van der Waals surface area contributed by atoms with Crippen molar-refractivity contribution in [3.8, 4) is 0 Å². The summed E-state index contributed by atoms with van der Waals surface area (Å²) in [5.74, 6) is 0.155. The maximum atomic E-state index is 12.1. The predicted molar refractivity (Wildman–Crippen MR) is 63.4 cm³/mol. The summed E-state index contributed by atoms with van der Waals surface area (Å²) in [6.07, 6.45) is 5.06. The van der Waals surface area contributed by atoms with Crippen LogP contribution in [-0.4, -0.2) is 30.1 Å². The van der Waals surface area contributed by atoms with E-state index in [-0.39, 0.29) is 5.91 Å². The first-order valence-electron chi connectivity index (χ1n) is 5.79. The van der Waals surface area contributed by atoms with Gasteiger partial charge in [-0.2, -0.15) is 0 Å². The highest BCUT2D eigenvalue weighted by Crippen LogP contribution is 2.26. The van der Waals surface area contributed by atoms with E-state index in [2.05, 4.69) is 4.99 Å². The topological polar surface area (TPSA) is 32.7 Å². The number of rotatable bonds is 1. The Hall–Kier alpha value is -1.64. The zero-order valence-electron chi connectivity index (χ0n) is 9.15. The maximum absolute atomic E-state index is 12.1. The third kappa shape index (κ3) is 1.52. The Bertz CT molecular complexity index is 459. The Morgan fingerprint density at radius 1 is 1.25 bits per heavy atom. The molecule has 0 N–H and O–H groups in total. The molecule has 0 bridgehead atoms. The zero-order chi connectivity index (χ0) is 11.0. The van der Waals surface area contributed by atoms with Crippen LogP contribution in [0.2, 0.25) is 0 Å². The van der Waals surface area contributed by atoms with Crippen molar-refractivity contribution in [2.45, 2.75) is 19.3 Å². The van der Waals surface area contributed by atoms with Crippen LogP contribution in [0, 0.1) is 0 Å². The quantitative estimate of drug-likeness (QED) is 0.705. The SMILES string of the molecule is O=C(c1ccc2c(c1)N=CC2)N1CCCC1. The molecule has 2 aliphatic heterocycles. The second kappa shape index (κ2) is 3.74. The lowest BCUT2D eigenvalue weighted by Gasteiger charge is -2.15. The van der Waals surface area contributed by atoms with Gasteiger partial charge in [-0.25, -0.2) is 0 Å². The Labute approximate surface area is 94.8 Å². The predicted octanol–water partition coefficient (Wildman–Crippen LogP) is 2.18. The fourth-order valence-electron chi connectivity index (χ4n) is 2.33. The number of hydrogen-bond acceptors (Lipinski definition) is 2. The molecule has 0 spiro atoms. The minimum atomic E-state index is 0.155. The molecule has 1 aromatic rings. The second-order valence-corrected chi connectivity index (χ2v) is 4.36. The molecule has 0 radical (unpaired) electrons. The summed E-state index contributed by atoms with van der Waals surface area (Å²) in [5, 5.41) is 0. The van der Waals surface area contributed by atoms with Gasteiger partial charge >= 0.3 is 0 Å². The molecular formula is C13H14N2O. The second-order valence-electron chi connectivity index (χ2n) is 4.36. The molecule has 3 rings (SSSR count). The minimum Gasteiger partial charge on any atom is -0.339 e. The van der Waals surface area contributed by atoms with E-state index in [1.54, 1.807) is 0 Å². The van der Waals surface area contributed by atoms with Crippen LogP contribution in [0.25, 0.3) is 0 Å². The van der Waals surface area contributed by atoms with Crippen LogP contribution in [0.1, 0.15) is 28.8 Å². The van der Waals surface area contributed by atoms with Crippen molar-refractivity contribution >= 4 is 17.8 Å². The Balaban J connectivity index is 1.88. The number of likely N-dealkylation sites (tertiary alicyclic amines) is 1. The normalized spacial score (nSPS) is 17.9. The van der Waals surface area contributed by atoms with Gasteiger partial charge in [-0.3, -0.25) is 9.79 Å². The van der Waals surface area contributed by atoms with Crippen LogP contribution in [0.15, 0.2) is 23.2 Å². The molecule has 0 atom stereocenters. The molecule has 16 heavy (non-hydrogen) atoms. The fourth-order valence-corrected chi connectivity index (χ4v) is 2.33. The van der Waals surface area contributed by atoms with Gasteiger partial charge in [0.15, 0.2) is 0 Å². The van der Waals surface area contributed by atoms with E-state index in [0.717, 1.165) is 43.6 Å². The molecule has 0 saturated carbocycles. The van der Waals surface area contributed by atoms with Crippen LogP contribution >= 0.6 is 0 Å². The lowest BCUT2D eigenvalue weighted by molar-refractivity contribution is 0.0793. The molecule has 0 aliphatic carbocycles. The highest BCUT2D eigenvalue weighted by Gasteiger charge is 2.20. The first-order valence-corrected chi connectivity index (χ1v) is 5.79. The summed E-state index contributed by atoms with van der Waals surface area (Å²) in [6.45, 7) is 1.80. The molecule has 2 heterocycles. The van der Waals surface area contributed by atoms with E-state index < -0.39 is 0 Å². The molecule has 0 aromatic heterocycles. The van der Waals surface area contributed by atoms with Crippen molar-refractivity contribution < 1.29 is 4.79 Å². The van der Waals surface area contributed by atoms with Crippen LogP contribution in [0.3, 0.4) is 0 Å². The van der Waals surface area contributed by atoms with Gasteiger partial charge in [0, 0.05) is 31.3 Å². The Morgan fingerprint density at radius 2 is 2.06 bits per heavy atom. The van der Waals surface area contributed by atoms with Gasteiger partial charge in [0.25, 0.3) is 5.91 Å². The standard InChI is InChI=1S/C13H14N2O/c16-13(15-7-1-2-8-15)11-4-3-10-5-6-14-12(10)9-11/h3-4,6,9H,1-2,5,7-8H2. The van der Waals surface area contributed by atoms with Crippen LogP contribution in [0.5, 0.6) is 0 Å². The molecule has 1 aromatic carbocycles. The van der Waals surface area contributed by atoms with Gasteiger partial charge in [0.1, 0.15) is 0 Å². The molecular weight excluding hydrogens is 200 g/mol. The lowest BCUT2D eigenvalue weighted by Crippen LogP contribution is -2.27. The van der Waals surface area contributed by atoms with E-state index in [0.29, 0.717) is 0 Å². The summed E-state index contributed by atoms with van der Waals surface area (Å²) >= 11 is 0. The fraction of sp³-hybridized carbons (Fsp3) is 0.385. The summed E-state index contributed by atoms with van der Waals surface area (Å²) in [6, 6.07) is 5.86. The maximum Gasteiger partial charge on any atom is 0.253 e. The average Bonchev–Trinajstić information content (AvgIpc) is 2.98. The van der Waals surface area contributed by atoms with Crippen LogP contribution in [-0.2, 0) is 6.42 Å². The van der Waals surface area contributed by atoms with Crippen molar-refractivity contribution in [1.82, 2.24) is 4.90 Å². The number of amides is 1. The molecule has 3 nitrogen and oxygen atoms in total. The molecule has 2 aliphatic rings. The zero-order valence-corrected chi connectivity index (χ0v) is 9.15. The largest absolute Gasteiger partial charge is 0.339 e. The highest BCUT2D eigenvalue weighted by molar-refractivity contribution is 5.96. The van der Waals surface area contributed by atoms with Crippen molar-refractivity contribution in [3.05, 3.63) is 29.3 Å². The molecule has 0 unspecified atom stereocenters. The monoisotopic (exact) mass is 214 g/mol. The molecule has 1 amide bonds. The molecule has 1 saturated heterocycles. The molecule has 82 valence electrons. The van der Waals surface area contributed by atoms with E-state index in [4.69, 9.17) is 0 Å². The summed E-state index contributed by atoms with van der Waals surface area (Å²) in [5.41, 5.74) is 2.96. The van der Waals surface area contributed by atoms with Gasteiger partial charge in [-0.15, -0.1) is 0 Å². The number of fused-ring (bicyclic) bond motifs is 1. The first-order chi connectivity index (χ1) is 7.84. The van der Waals surface area contributed by atoms with E-state index in [1.165, 1.54) is 5.56 Å². The first kappa shape index (κ1) is 9.58. The van der Waals surface area contributed by atoms with E-state index >= 15 is 0 Å². The number of benzene rings is 1. The summed E-state index contributed by atoms with van der Waals surface area (Å²) in [4.78, 5) is 18.3. The van der Waals surface area contributed by atoms with E-state index in [9.17, 15) is 4.79 Å². The number of carbonyl (C=O) groups excluding carboxylic acids is 1. The van der Waals surface area contributed by atoms with Crippen LogP contribution in [0.4, 0.5) is 5.69 Å². The van der Waals surface area contributed by atoms with E-state index in [1.807, 2.05) is 29.3 Å². The van der Waals surface area contributed by atoms with Gasteiger partial charge in [-0.05, 0) is 30.5 Å². The van der Waals surface area contributed by atoms with Crippen molar-refractivity contribution in [2.75, 3.05) is 13.1 Å². The number of aliphatic imine (C=N–C) groups is 1. The molecule has 1 fully saturated rings. The third-order valence-corrected chi connectivity index (χ3v) is 3.27. The smallest absolute Gasteiger partial charge is 0.253 e. The Kier molecular flexibility index (Phi) is 2.24. The number of nitrogens with zero attached hydrogens (tertiary/aromatic N) is 2. The van der Waals surface area contributed by atoms with Crippen LogP contribution < -0.4 is 0 Å². The van der Waals surface area contributed by atoms with Crippen molar-refractivity contribution in [1.29, 1.82) is 0 Å². The Morgan fingerprint density at radius 3 is 2.88 bits per heavy atom. The van der Waals surface area contributed by atoms with Gasteiger partial charge in [0.2, 0.25) is 0 Å². The highest BCUT2D eigenvalue weighted by atomic mass is 16.2. The summed E-state index contributed by atoms with van der Waals surface area (Å²) < 4.78 is 0. The van der Waals surface area contributed by atoms with Gasteiger partial charge < -0.3 is 4.90 Å².